The van der Waals surface area contributed by atoms with Crippen molar-refractivity contribution in [3.8, 4) is 5.75 Å². The van der Waals surface area contributed by atoms with E-state index in [-0.39, 0.29) is 29.2 Å². The van der Waals surface area contributed by atoms with E-state index in [1.165, 1.54) is 6.07 Å². The third kappa shape index (κ3) is 6.82. The Morgan fingerprint density at radius 2 is 1.19 bits per heavy atom. The van der Waals surface area contributed by atoms with Gasteiger partial charge in [0.25, 0.3) is 0 Å². The van der Waals surface area contributed by atoms with E-state index in [9.17, 15) is 15.0 Å². The van der Waals surface area contributed by atoms with Crippen molar-refractivity contribution in [1.29, 1.82) is 0 Å². The average molecular weight is 489 g/mol. The molecule has 0 spiro atoms. The summed E-state index contributed by atoms with van der Waals surface area (Å²) in [7, 11) is 0. The highest BCUT2D eigenvalue weighted by Gasteiger charge is 2.42. The Bertz CT molecular complexity index is 1070. The molecule has 0 fully saturated rings. The first kappa shape index (κ1) is 27.6. The monoisotopic (exact) mass is 488 g/mol. The molecule has 5 nitrogen and oxygen atoms in total. The van der Waals surface area contributed by atoms with Gasteiger partial charge in [0.05, 0.1) is 6.61 Å². The van der Waals surface area contributed by atoms with Crippen LogP contribution in [0, 0.1) is 0 Å². The molecular weight excluding hydrogens is 448 g/mol. The maximum Gasteiger partial charge on any atom is 0.194 e. The quantitative estimate of drug-likeness (QED) is 0.286. The number of benzene rings is 3. The molecule has 0 saturated heterocycles. The summed E-state index contributed by atoms with van der Waals surface area (Å²) in [6, 6.07) is 25.2. The van der Waals surface area contributed by atoms with Gasteiger partial charge in [-0.15, -0.1) is 0 Å². The summed E-state index contributed by atoms with van der Waals surface area (Å²) < 4.78 is 0. The number of carbonyl (C=O) groups is 1. The molecule has 0 aliphatic heterocycles. The zero-order valence-electron chi connectivity index (χ0n) is 22.4. The Kier molecular flexibility index (Phi) is 8.72. The van der Waals surface area contributed by atoms with E-state index in [1.54, 1.807) is 12.1 Å². The standard InChI is InChI=1S/C31H40N2O3/c1-30(2,3)32(20-23-13-9-7-10-14-23)29(28(36)25-17-18-27(35)26(19-25)22-34)33(31(4,5)6)21-24-15-11-8-12-16-24/h7-19,29,34-35H,20-22H2,1-6H3. The minimum atomic E-state index is -0.596. The number of hydrogen-bond donors (Lipinski definition) is 2. The van der Waals surface area contributed by atoms with Crippen molar-refractivity contribution in [2.75, 3.05) is 0 Å². The number of hydrogen-bond acceptors (Lipinski definition) is 5. The van der Waals surface area contributed by atoms with Gasteiger partial charge in [0.15, 0.2) is 5.78 Å². The van der Waals surface area contributed by atoms with Crippen LogP contribution in [0.4, 0.5) is 0 Å². The molecule has 0 radical (unpaired) electrons. The van der Waals surface area contributed by atoms with Gasteiger partial charge in [-0.05, 0) is 70.9 Å². The first-order valence-electron chi connectivity index (χ1n) is 12.5. The van der Waals surface area contributed by atoms with E-state index in [0.29, 0.717) is 24.2 Å². The number of aliphatic hydroxyl groups excluding tert-OH is 1. The van der Waals surface area contributed by atoms with Gasteiger partial charge < -0.3 is 10.2 Å². The largest absolute Gasteiger partial charge is 0.508 e. The molecule has 0 saturated carbocycles. The van der Waals surface area contributed by atoms with Crippen molar-refractivity contribution in [3.05, 3.63) is 101 Å². The van der Waals surface area contributed by atoms with Crippen LogP contribution in [-0.2, 0) is 19.7 Å². The lowest BCUT2D eigenvalue weighted by Crippen LogP contribution is -2.62. The van der Waals surface area contributed by atoms with Crippen molar-refractivity contribution < 1.29 is 15.0 Å². The molecule has 0 aliphatic carbocycles. The second-order valence-electron chi connectivity index (χ2n) is 11.3. The van der Waals surface area contributed by atoms with Gasteiger partial charge in [-0.3, -0.25) is 14.6 Å². The van der Waals surface area contributed by atoms with Crippen LogP contribution >= 0.6 is 0 Å². The average Bonchev–Trinajstić information content (AvgIpc) is 2.83. The van der Waals surface area contributed by atoms with Gasteiger partial charge in [0.1, 0.15) is 11.9 Å². The topological polar surface area (TPSA) is 64.0 Å². The number of rotatable bonds is 9. The van der Waals surface area contributed by atoms with Gasteiger partial charge in [0, 0.05) is 35.3 Å². The molecule has 0 amide bonds. The van der Waals surface area contributed by atoms with Crippen LogP contribution < -0.4 is 0 Å². The molecular formula is C31H40N2O3. The zero-order chi connectivity index (χ0) is 26.5. The molecule has 36 heavy (non-hydrogen) atoms. The van der Waals surface area contributed by atoms with Crippen molar-refractivity contribution in [3.63, 3.8) is 0 Å². The lowest BCUT2D eigenvalue weighted by Gasteiger charge is -2.50. The van der Waals surface area contributed by atoms with Crippen LogP contribution in [0.15, 0.2) is 78.9 Å². The van der Waals surface area contributed by atoms with Crippen LogP contribution in [0.3, 0.4) is 0 Å². The molecule has 0 atom stereocenters. The molecule has 2 N–H and O–H groups in total. The van der Waals surface area contributed by atoms with Crippen molar-refractivity contribution in [2.45, 2.75) is 78.5 Å². The molecule has 0 bridgehead atoms. The number of aromatic hydroxyl groups is 1. The number of ketones is 1. The molecule has 0 heterocycles. The fraction of sp³-hybridized carbons (Fsp3) is 0.387. The molecule has 192 valence electrons. The van der Waals surface area contributed by atoms with E-state index in [1.807, 2.05) is 36.4 Å². The fourth-order valence-corrected chi connectivity index (χ4v) is 4.41. The summed E-state index contributed by atoms with van der Waals surface area (Å²) in [6.07, 6.45) is -0.596. The predicted octanol–water partition coefficient (Wildman–Crippen LogP) is 5.99. The van der Waals surface area contributed by atoms with Crippen molar-refractivity contribution in [1.82, 2.24) is 9.80 Å². The van der Waals surface area contributed by atoms with Gasteiger partial charge in [-0.2, -0.15) is 0 Å². The lowest BCUT2D eigenvalue weighted by atomic mass is 9.94. The number of phenols is 1. The Hall–Kier alpha value is -2.99. The molecule has 3 aromatic carbocycles. The summed E-state index contributed by atoms with van der Waals surface area (Å²) in [5, 5.41) is 19.9. The number of carbonyl (C=O) groups excluding carboxylic acids is 1. The molecule has 0 unspecified atom stereocenters. The Morgan fingerprint density at radius 3 is 1.58 bits per heavy atom. The summed E-state index contributed by atoms with van der Waals surface area (Å²) in [6.45, 7) is 13.7. The van der Waals surface area contributed by atoms with E-state index >= 15 is 0 Å². The van der Waals surface area contributed by atoms with Gasteiger partial charge in [-0.1, -0.05) is 60.7 Å². The zero-order valence-corrected chi connectivity index (χ0v) is 22.4. The van der Waals surface area contributed by atoms with Crippen LogP contribution in [0.25, 0.3) is 0 Å². The maximum absolute atomic E-state index is 14.4. The van der Waals surface area contributed by atoms with Crippen molar-refractivity contribution in [2.24, 2.45) is 0 Å². The molecule has 3 aromatic rings. The van der Waals surface area contributed by atoms with Gasteiger partial charge >= 0.3 is 0 Å². The van der Waals surface area contributed by atoms with Crippen LogP contribution in [0.5, 0.6) is 5.75 Å². The number of Topliss-reactive ketones (excluding diaryl/α,β-unsaturated/α-hetero) is 1. The normalized spacial score (nSPS) is 12.5. The summed E-state index contributed by atoms with van der Waals surface area (Å²) in [5.41, 5.74) is 2.38. The first-order valence-corrected chi connectivity index (χ1v) is 12.5. The maximum atomic E-state index is 14.4. The SMILES string of the molecule is CC(C)(C)N(Cc1ccccc1)C(C(=O)c1ccc(O)c(CO)c1)N(Cc1ccccc1)C(C)(C)C. The number of nitrogens with zero attached hydrogens (tertiary/aromatic N) is 2. The van der Waals surface area contributed by atoms with Crippen LogP contribution in [-0.4, -0.2) is 43.0 Å². The highest BCUT2D eigenvalue weighted by atomic mass is 16.3. The Labute approximate surface area is 216 Å². The molecule has 3 rings (SSSR count). The third-order valence-corrected chi connectivity index (χ3v) is 6.47. The molecule has 0 aliphatic rings. The predicted molar refractivity (Wildman–Crippen MR) is 146 cm³/mol. The van der Waals surface area contributed by atoms with Crippen LogP contribution in [0.2, 0.25) is 0 Å². The van der Waals surface area contributed by atoms with E-state index < -0.39 is 6.17 Å². The summed E-state index contributed by atoms with van der Waals surface area (Å²) >= 11 is 0. The van der Waals surface area contributed by atoms with Crippen LogP contribution in [0.1, 0.15) is 68.6 Å². The third-order valence-electron chi connectivity index (χ3n) is 6.47. The van der Waals surface area contributed by atoms with Crippen molar-refractivity contribution >= 4 is 5.78 Å². The van der Waals surface area contributed by atoms with Gasteiger partial charge in [0.2, 0.25) is 0 Å². The van der Waals surface area contributed by atoms with E-state index in [4.69, 9.17) is 0 Å². The Balaban J connectivity index is 2.18. The lowest BCUT2D eigenvalue weighted by molar-refractivity contribution is -0.0510. The summed E-state index contributed by atoms with van der Waals surface area (Å²) in [5.74, 6) is -0.0825. The van der Waals surface area contributed by atoms with E-state index in [2.05, 4.69) is 75.6 Å². The highest BCUT2D eigenvalue weighted by Crippen LogP contribution is 2.32. The Morgan fingerprint density at radius 1 is 0.750 bits per heavy atom. The molecule has 0 aromatic heterocycles. The minimum absolute atomic E-state index is 0.0143. The van der Waals surface area contributed by atoms with Gasteiger partial charge in [-0.25, -0.2) is 0 Å². The molecule has 5 heteroatoms. The smallest absolute Gasteiger partial charge is 0.194 e. The minimum Gasteiger partial charge on any atom is -0.508 e. The second-order valence-corrected chi connectivity index (χ2v) is 11.3. The first-order chi connectivity index (χ1) is 16.9. The van der Waals surface area contributed by atoms with E-state index in [0.717, 1.165) is 11.1 Å². The highest BCUT2D eigenvalue weighted by molar-refractivity contribution is 6.00. The summed E-state index contributed by atoms with van der Waals surface area (Å²) in [4.78, 5) is 18.9. The number of aliphatic hydroxyl groups is 1. The second kappa shape index (κ2) is 11.4. The fourth-order valence-electron chi connectivity index (χ4n) is 4.41.